The van der Waals surface area contributed by atoms with Crippen molar-refractivity contribution in [1.29, 1.82) is 0 Å². The van der Waals surface area contributed by atoms with E-state index in [2.05, 4.69) is 27.5 Å². The highest BCUT2D eigenvalue weighted by atomic mass is 19.4. The molecule has 0 saturated carbocycles. The van der Waals surface area contributed by atoms with Gasteiger partial charge in [-0.1, -0.05) is 12.1 Å². The van der Waals surface area contributed by atoms with Gasteiger partial charge in [0.05, 0.1) is 5.69 Å². The average Bonchev–Trinajstić information content (AvgIpc) is 3.15. The van der Waals surface area contributed by atoms with Crippen molar-refractivity contribution >= 4 is 5.91 Å². The Hall–Kier alpha value is -2.49. The number of carbonyl (C=O) groups is 1. The summed E-state index contributed by atoms with van der Waals surface area (Å²) in [6.07, 6.45) is -0.981. The third kappa shape index (κ3) is 5.56. The number of piperidine rings is 1. The third-order valence-electron chi connectivity index (χ3n) is 5.29. The Labute approximate surface area is 172 Å². The number of aromatic nitrogens is 3. The summed E-state index contributed by atoms with van der Waals surface area (Å²) < 4.78 is 54.3. The summed E-state index contributed by atoms with van der Waals surface area (Å²) >= 11 is 0. The van der Waals surface area contributed by atoms with Crippen molar-refractivity contribution in [2.75, 3.05) is 26.2 Å². The Kier molecular flexibility index (Phi) is 7.06. The first kappa shape index (κ1) is 22.2. The minimum absolute atomic E-state index is 0.0360. The minimum Gasteiger partial charge on any atom is -0.351 e. The van der Waals surface area contributed by atoms with Crippen LogP contribution in [0.25, 0.3) is 5.69 Å². The van der Waals surface area contributed by atoms with Crippen molar-refractivity contribution in [3.63, 3.8) is 0 Å². The van der Waals surface area contributed by atoms with E-state index >= 15 is 0 Å². The molecule has 0 radical (unpaired) electrons. The highest BCUT2D eigenvalue weighted by Crippen LogP contribution is 2.32. The third-order valence-corrected chi connectivity index (χ3v) is 5.29. The molecule has 0 bridgehead atoms. The zero-order chi connectivity index (χ0) is 21.7. The largest absolute Gasteiger partial charge is 0.435 e. The molecule has 10 heteroatoms. The Bertz CT molecular complexity index is 842. The Morgan fingerprint density at radius 3 is 2.47 bits per heavy atom. The van der Waals surface area contributed by atoms with Crippen LogP contribution in [-0.4, -0.2) is 52.0 Å². The van der Waals surface area contributed by atoms with Gasteiger partial charge in [-0.2, -0.15) is 13.2 Å². The van der Waals surface area contributed by atoms with Crippen molar-refractivity contribution in [1.82, 2.24) is 25.2 Å². The molecule has 0 atom stereocenters. The maximum absolute atomic E-state index is 13.6. The van der Waals surface area contributed by atoms with Crippen molar-refractivity contribution in [3.8, 4) is 5.69 Å². The first-order chi connectivity index (χ1) is 14.3. The molecule has 1 aromatic heterocycles. The van der Waals surface area contributed by atoms with Gasteiger partial charge >= 0.3 is 6.18 Å². The normalized spacial score (nSPS) is 16.0. The first-order valence-corrected chi connectivity index (χ1v) is 10.0. The smallest absolute Gasteiger partial charge is 0.351 e. The van der Waals surface area contributed by atoms with Crippen LogP contribution in [0.2, 0.25) is 0 Å². The predicted octanol–water partition coefficient (Wildman–Crippen LogP) is 3.67. The Morgan fingerprint density at radius 1 is 1.17 bits per heavy atom. The summed E-state index contributed by atoms with van der Waals surface area (Å²) in [7, 11) is 0. The van der Waals surface area contributed by atoms with Crippen LogP contribution in [0.15, 0.2) is 24.3 Å². The monoisotopic (exact) mass is 427 g/mol. The van der Waals surface area contributed by atoms with E-state index in [-0.39, 0.29) is 12.2 Å². The number of halogens is 4. The zero-order valence-electron chi connectivity index (χ0n) is 16.8. The molecule has 30 heavy (non-hydrogen) atoms. The molecule has 2 heterocycles. The fourth-order valence-corrected chi connectivity index (χ4v) is 3.48. The summed E-state index contributed by atoms with van der Waals surface area (Å²) in [6.45, 7) is 5.54. The number of unbranched alkanes of at least 4 members (excludes halogenated alkanes) is 1. The van der Waals surface area contributed by atoms with Crippen molar-refractivity contribution in [3.05, 3.63) is 41.5 Å². The maximum atomic E-state index is 13.6. The van der Waals surface area contributed by atoms with Crippen LogP contribution < -0.4 is 5.32 Å². The molecular formula is C20H25F4N5O. The van der Waals surface area contributed by atoms with Gasteiger partial charge in [0, 0.05) is 6.54 Å². The number of nitrogens with zero attached hydrogens (tertiary/aromatic N) is 4. The van der Waals surface area contributed by atoms with Gasteiger partial charge in [0.25, 0.3) is 5.91 Å². The Morgan fingerprint density at radius 2 is 1.83 bits per heavy atom. The molecule has 3 rings (SSSR count). The van der Waals surface area contributed by atoms with Crippen LogP contribution in [0.5, 0.6) is 0 Å². The fourth-order valence-electron chi connectivity index (χ4n) is 3.48. The molecule has 1 saturated heterocycles. The lowest BCUT2D eigenvalue weighted by atomic mass is 9.99. The molecule has 1 fully saturated rings. The summed E-state index contributed by atoms with van der Waals surface area (Å²) in [4.78, 5) is 14.7. The molecule has 1 aromatic carbocycles. The fraction of sp³-hybridized carbons (Fsp3) is 0.550. The number of likely N-dealkylation sites (tertiary alicyclic amines) is 1. The van der Waals surface area contributed by atoms with Crippen molar-refractivity contribution in [2.45, 2.75) is 38.8 Å². The van der Waals surface area contributed by atoms with Crippen molar-refractivity contribution < 1.29 is 22.4 Å². The predicted molar refractivity (Wildman–Crippen MR) is 103 cm³/mol. The van der Waals surface area contributed by atoms with Gasteiger partial charge in [-0.25, -0.2) is 9.07 Å². The molecule has 0 aliphatic carbocycles. The molecule has 1 amide bonds. The van der Waals surface area contributed by atoms with Crippen LogP contribution in [-0.2, 0) is 6.18 Å². The lowest BCUT2D eigenvalue weighted by Crippen LogP contribution is -2.34. The molecular weight excluding hydrogens is 402 g/mol. The summed E-state index contributed by atoms with van der Waals surface area (Å²) in [5, 5.41) is 9.41. The number of nitrogens with one attached hydrogen (secondary N) is 1. The van der Waals surface area contributed by atoms with Gasteiger partial charge in [-0.3, -0.25) is 4.79 Å². The standard InChI is InChI=1S/C20H25F4N5O/c1-14-8-12-28(13-9-14)11-3-2-10-25-19(30)17-18(20(22,23)24)29(27-26-17)16-6-4-15(21)5-7-16/h4-7,14H,2-3,8-13H2,1H3,(H,25,30). The van der Waals surface area contributed by atoms with E-state index in [0.717, 1.165) is 56.2 Å². The second-order valence-electron chi connectivity index (χ2n) is 7.66. The first-order valence-electron chi connectivity index (χ1n) is 10.0. The molecule has 2 aromatic rings. The van der Waals surface area contributed by atoms with Crippen LogP contribution >= 0.6 is 0 Å². The van der Waals surface area contributed by atoms with E-state index in [0.29, 0.717) is 11.1 Å². The van der Waals surface area contributed by atoms with Crippen LogP contribution in [0, 0.1) is 11.7 Å². The van der Waals surface area contributed by atoms with Crippen LogP contribution in [0.4, 0.5) is 17.6 Å². The molecule has 1 N–H and O–H groups in total. The van der Waals surface area contributed by atoms with E-state index in [1.54, 1.807) is 0 Å². The van der Waals surface area contributed by atoms with Crippen LogP contribution in [0.3, 0.4) is 0 Å². The van der Waals surface area contributed by atoms with E-state index in [1.165, 1.54) is 12.8 Å². The van der Waals surface area contributed by atoms with Crippen molar-refractivity contribution in [2.24, 2.45) is 5.92 Å². The molecule has 0 spiro atoms. The number of hydrogen-bond donors (Lipinski definition) is 1. The molecule has 1 aliphatic rings. The van der Waals surface area contributed by atoms with Gasteiger partial charge in [0.15, 0.2) is 11.4 Å². The van der Waals surface area contributed by atoms with Gasteiger partial charge in [-0.05, 0) is 75.5 Å². The topological polar surface area (TPSA) is 63.1 Å². The number of carbonyl (C=O) groups excluding carboxylic acids is 1. The molecule has 0 unspecified atom stereocenters. The summed E-state index contributed by atoms with van der Waals surface area (Å²) in [5.41, 5.74) is -2.11. The van der Waals surface area contributed by atoms with Crippen LogP contribution in [0.1, 0.15) is 48.8 Å². The highest BCUT2D eigenvalue weighted by Gasteiger charge is 2.41. The van der Waals surface area contributed by atoms with Gasteiger partial charge < -0.3 is 10.2 Å². The lowest BCUT2D eigenvalue weighted by Gasteiger charge is -2.30. The van der Waals surface area contributed by atoms with E-state index < -0.39 is 29.3 Å². The summed E-state index contributed by atoms with van der Waals surface area (Å²) in [6, 6.07) is 4.31. The van der Waals surface area contributed by atoms with Gasteiger partial charge in [0.2, 0.25) is 0 Å². The Balaban J connectivity index is 1.58. The number of alkyl halides is 3. The molecule has 6 nitrogen and oxygen atoms in total. The molecule has 164 valence electrons. The second-order valence-corrected chi connectivity index (χ2v) is 7.66. The highest BCUT2D eigenvalue weighted by molar-refractivity contribution is 5.93. The maximum Gasteiger partial charge on any atom is 0.435 e. The van der Waals surface area contributed by atoms with Gasteiger partial charge in [0.1, 0.15) is 5.82 Å². The van der Waals surface area contributed by atoms with E-state index in [4.69, 9.17) is 0 Å². The number of amides is 1. The zero-order valence-corrected chi connectivity index (χ0v) is 16.8. The lowest BCUT2D eigenvalue weighted by molar-refractivity contribution is -0.143. The minimum atomic E-state index is -4.85. The SMILES string of the molecule is CC1CCN(CCCCNC(=O)c2nnn(-c3ccc(F)cc3)c2C(F)(F)F)CC1. The average molecular weight is 427 g/mol. The molecule has 1 aliphatic heterocycles. The number of benzene rings is 1. The number of hydrogen-bond acceptors (Lipinski definition) is 4. The number of rotatable bonds is 7. The summed E-state index contributed by atoms with van der Waals surface area (Å²) in [5.74, 6) is -0.765. The second kappa shape index (κ2) is 9.55. The van der Waals surface area contributed by atoms with Gasteiger partial charge in [-0.15, -0.1) is 5.10 Å². The van der Waals surface area contributed by atoms with E-state index in [1.807, 2.05) is 0 Å². The quantitative estimate of drug-likeness (QED) is 0.541. The van der Waals surface area contributed by atoms with E-state index in [9.17, 15) is 22.4 Å².